The maximum Gasteiger partial charge on any atom is 0.417 e. The van der Waals surface area contributed by atoms with Crippen molar-refractivity contribution in [3.8, 4) is 11.3 Å². The normalized spacial score (nSPS) is 21.3. The number of nitrogens with zero attached hydrogens (tertiary/aromatic N) is 5. The third-order valence-electron chi connectivity index (χ3n) is 9.03. The molecule has 5 rings (SSSR count). The molecule has 44 heavy (non-hydrogen) atoms. The number of aromatic nitrogens is 2. The summed E-state index contributed by atoms with van der Waals surface area (Å²) in [6.45, 7) is 6.77. The molecular weight excluding hydrogens is 615 g/mol. The molecule has 0 amide bonds. The van der Waals surface area contributed by atoms with Crippen LogP contribution < -0.4 is 0 Å². The largest absolute Gasteiger partial charge is 0.417 e. The van der Waals surface area contributed by atoms with Gasteiger partial charge < -0.3 is 20.0 Å². The van der Waals surface area contributed by atoms with Crippen molar-refractivity contribution < 1.29 is 31.8 Å². The Morgan fingerprint density at radius 1 is 1.05 bits per heavy atom. The maximum atomic E-state index is 14.1. The van der Waals surface area contributed by atoms with Gasteiger partial charge in [-0.05, 0) is 57.8 Å². The Bertz CT molecular complexity index is 1400. The number of fused-ring (bicyclic) bond motifs is 1. The number of rotatable bonds is 10. The van der Waals surface area contributed by atoms with Gasteiger partial charge >= 0.3 is 6.18 Å². The van der Waals surface area contributed by atoms with E-state index >= 15 is 0 Å². The maximum absolute atomic E-state index is 14.1. The van der Waals surface area contributed by atoms with E-state index in [9.17, 15) is 31.8 Å². The van der Waals surface area contributed by atoms with E-state index in [1.165, 1.54) is 22.9 Å². The van der Waals surface area contributed by atoms with Gasteiger partial charge in [-0.15, -0.1) is 11.8 Å². The fourth-order valence-electron chi connectivity index (χ4n) is 6.40. The Labute approximate surface area is 262 Å². The third-order valence-corrected chi connectivity index (χ3v) is 11.3. The highest BCUT2D eigenvalue weighted by Crippen LogP contribution is 2.40. The lowest BCUT2D eigenvalue weighted by Crippen LogP contribution is -2.43. The Balaban J connectivity index is 1.41. The molecule has 0 spiro atoms. The van der Waals surface area contributed by atoms with Gasteiger partial charge in [0.25, 0.3) is 0 Å². The summed E-state index contributed by atoms with van der Waals surface area (Å²) in [5.74, 6) is 0.450. The number of halogens is 3. The zero-order valence-electron chi connectivity index (χ0n) is 25.5. The molecule has 3 aliphatic rings. The Morgan fingerprint density at radius 2 is 1.75 bits per heavy atom. The molecule has 2 saturated heterocycles. The van der Waals surface area contributed by atoms with Crippen LogP contribution in [0, 0.1) is 0 Å². The molecule has 1 aromatic carbocycles. The van der Waals surface area contributed by atoms with E-state index in [-0.39, 0.29) is 24.5 Å². The van der Waals surface area contributed by atoms with Crippen LogP contribution in [-0.2, 0) is 35.7 Å². The van der Waals surface area contributed by atoms with Gasteiger partial charge in [0.1, 0.15) is 0 Å². The van der Waals surface area contributed by atoms with Gasteiger partial charge in [0, 0.05) is 73.2 Å². The van der Waals surface area contributed by atoms with Crippen LogP contribution in [0.1, 0.15) is 55.8 Å². The Kier molecular flexibility index (Phi) is 10.4. The lowest BCUT2D eigenvalue weighted by atomic mass is 9.94. The molecule has 4 heterocycles. The number of benzene rings is 1. The SMILES string of the molecule is CC1(O)CCN(CCSc2cc(-c3nn(C[C@@H](O)CN4CCCCC4)c4c3CN(S(C)(=O)=O)CC4)ccc2C(F)(F)F)CC1. The minimum absolute atomic E-state index is 0.0773. The zero-order valence-corrected chi connectivity index (χ0v) is 27.2. The monoisotopic (exact) mass is 659 g/mol. The molecule has 1 aromatic heterocycles. The van der Waals surface area contributed by atoms with Crippen LogP contribution in [0.4, 0.5) is 13.2 Å². The van der Waals surface area contributed by atoms with E-state index in [0.717, 1.165) is 55.7 Å². The van der Waals surface area contributed by atoms with E-state index < -0.39 is 33.5 Å². The molecule has 1 atom stereocenters. The minimum Gasteiger partial charge on any atom is -0.390 e. The van der Waals surface area contributed by atoms with Gasteiger partial charge in [0.05, 0.1) is 35.8 Å². The third kappa shape index (κ3) is 8.37. The van der Waals surface area contributed by atoms with Crippen molar-refractivity contribution in [2.75, 3.05) is 57.8 Å². The lowest BCUT2D eigenvalue weighted by Gasteiger charge is -2.35. The highest BCUT2D eigenvalue weighted by molar-refractivity contribution is 7.99. The molecule has 2 fully saturated rings. The molecule has 2 aromatic rings. The number of alkyl halides is 3. The average Bonchev–Trinajstić information content (AvgIpc) is 3.31. The van der Waals surface area contributed by atoms with E-state index in [1.54, 1.807) is 4.68 Å². The topological polar surface area (TPSA) is 102 Å². The van der Waals surface area contributed by atoms with Crippen molar-refractivity contribution in [1.29, 1.82) is 0 Å². The van der Waals surface area contributed by atoms with Crippen LogP contribution in [0.3, 0.4) is 0 Å². The summed E-state index contributed by atoms with van der Waals surface area (Å²) in [5, 5.41) is 26.0. The number of hydrogen-bond acceptors (Lipinski definition) is 8. The summed E-state index contributed by atoms with van der Waals surface area (Å²) in [6, 6.07) is 4.02. The number of thioether (sulfide) groups is 1. The second-order valence-electron chi connectivity index (χ2n) is 12.7. The predicted molar refractivity (Wildman–Crippen MR) is 165 cm³/mol. The van der Waals surface area contributed by atoms with Crippen LogP contribution in [0.15, 0.2) is 23.1 Å². The van der Waals surface area contributed by atoms with Gasteiger partial charge in [-0.25, -0.2) is 8.42 Å². The summed E-state index contributed by atoms with van der Waals surface area (Å²) >= 11 is 1.14. The van der Waals surface area contributed by atoms with E-state index in [1.807, 2.05) is 6.92 Å². The van der Waals surface area contributed by atoms with Gasteiger partial charge in [-0.3, -0.25) is 4.68 Å². The van der Waals surface area contributed by atoms with Crippen LogP contribution >= 0.6 is 11.8 Å². The van der Waals surface area contributed by atoms with Crippen molar-refractivity contribution in [2.24, 2.45) is 0 Å². The predicted octanol–water partition coefficient (Wildman–Crippen LogP) is 3.67. The standard InChI is InChI=1S/C30H44F3N5O4S2/c1-29(40)9-14-35(15-10-29)16-17-43-27-18-22(6-7-25(27)30(31,32)33)28-24-21-37(44(2,41)42)13-8-26(24)38(34-28)20-23(39)19-36-11-4-3-5-12-36/h6-7,18,23,39-40H,3-5,8-17,19-21H2,1-2H3/t23-/m0/s1. The summed E-state index contributed by atoms with van der Waals surface area (Å²) in [7, 11) is -3.50. The molecule has 14 heteroatoms. The number of sulfonamides is 1. The summed E-state index contributed by atoms with van der Waals surface area (Å²) in [6.07, 6.45) is 0.988. The Hall–Kier alpha value is -1.68. The first-order valence-electron chi connectivity index (χ1n) is 15.4. The van der Waals surface area contributed by atoms with Crippen molar-refractivity contribution >= 4 is 21.8 Å². The lowest BCUT2D eigenvalue weighted by molar-refractivity contribution is -0.139. The fraction of sp³-hybridized carbons (Fsp3) is 0.700. The first-order valence-corrected chi connectivity index (χ1v) is 18.3. The van der Waals surface area contributed by atoms with Gasteiger partial charge in [0.15, 0.2) is 0 Å². The minimum atomic E-state index is -4.53. The number of aliphatic hydroxyl groups excluding tert-OH is 1. The molecule has 0 aliphatic carbocycles. The summed E-state index contributed by atoms with van der Waals surface area (Å²) in [5.41, 5.74) is 1.02. The average molecular weight is 660 g/mol. The Morgan fingerprint density at radius 3 is 2.41 bits per heavy atom. The molecular formula is C30H44F3N5O4S2. The molecule has 246 valence electrons. The molecule has 3 aliphatic heterocycles. The van der Waals surface area contributed by atoms with Crippen molar-refractivity contribution in [2.45, 2.75) is 81.3 Å². The molecule has 0 bridgehead atoms. The van der Waals surface area contributed by atoms with Crippen LogP contribution in [-0.4, -0.2) is 112 Å². The highest BCUT2D eigenvalue weighted by atomic mass is 32.2. The van der Waals surface area contributed by atoms with Crippen molar-refractivity contribution in [3.05, 3.63) is 35.0 Å². The van der Waals surface area contributed by atoms with Crippen molar-refractivity contribution in [1.82, 2.24) is 23.9 Å². The van der Waals surface area contributed by atoms with Crippen molar-refractivity contribution in [3.63, 3.8) is 0 Å². The first-order chi connectivity index (χ1) is 20.7. The second kappa shape index (κ2) is 13.6. The van der Waals surface area contributed by atoms with Crippen LogP contribution in [0.25, 0.3) is 11.3 Å². The van der Waals surface area contributed by atoms with Gasteiger partial charge in [0.2, 0.25) is 10.0 Å². The van der Waals surface area contributed by atoms with E-state index in [2.05, 4.69) is 9.80 Å². The van der Waals surface area contributed by atoms with Gasteiger partial charge in [-0.2, -0.15) is 22.6 Å². The highest BCUT2D eigenvalue weighted by Gasteiger charge is 2.35. The zero-order chi connectivity index (χ0) is 31.7. The van der Waals surface area contributed by atoms with Gasteiger partial charge in [-0.1, -0.05) is 12.5 Å². The molecule has 2 N–H and O–H groups in total. The fourth-order valence-corrected chi connectivity index (χ4v) is 8.30. The smallest absolute Gasteiger partial charge is 0.390 e. The van der Waals surface area contributed by atoms with Crippen LogP contribution in [0.2, 0.25) is 0 Å². The summed E-state index contributed by atoms with van der Waals surface area (Å²) < 4.78 is 70.2. The number of aliphatic hydroxyl groups is 2. The number of β-amino-alcohol motifs (C(OH)–C–C–N with tert-alkyl or cyclic N) is 1. The molecule has 0 radical (unpaired) electrons. The molecule has 9 nitrogen and oxygen atoms in total. The number of piperidine rings is 2. The first kappa shape index (κ1) is 33.7. The summed E-state index contributed by atoms with van der Waals surface area (Å²) in [4.78, 5) is 4.50. The van der Waals surface area contributed by atoms with E-state index in [4.69, 9.17) is 5.10 Å². The molecule has 0 unspecified atom stereocenters. The number of hydrogen-bond donors (Lipinski definition) is 2. The quantitative estimate of drug-likeness (QED) is 0.373. The second-order valence-corrected chi connectivity index (χ2v) is 15.8. The number of likely N-dealkylation sites (tertiary alicyclic amines) is 2. The van der Waals surface area contributed by atoms with E-state index in [0.29, 0.717) is 68.0 Å². The van der Waals surface area contributed by atoms with Crippen LogP contribution in [0.5, 0.6) is 0 Å². The molecule has 0 saturated carbocycles.